The lowest BCUT2D eigenvalue weighted by Gasteiger charge is -2.41. The van der Waals surface area contributed by atoms with Crippen LogP contribution in [-0.4, -0.2) is 48.7 Å². The van der Waals surface area contributed by atoms with Crippen molar-refractivity contribution in [2.75, 3.05) is 13.2 Å². The average molecular weight is 596 g/mol. The largest absolute Gasteiger partial charge is 0.454 e. The summed E-state index contributed by atoms with van der Waals surface area (Å²) in [5.41, 5.74) is -3.89. The van der Waals surface area contributed by atoms with Gasteiger partial charge in [0.15, 0.2) is 6.29 Å². The molecule has 218 valence electrons. The summed E-state index contributed by atoms with van der Waals surface area (Å²) in [5.74, 6) is -0.101. The Balaban J connectivity index is 1.66. The number of alkyl halides is 6. The molecule has 1 aliphatic heterocycles. The molecule has 40 heavy (non-hydrogen) atoms. The lowest BCUT2D eigenvalue weighted by molar-refractivity contribution is -0.231. The van der Waals surface area contributed by atoms with Crippen molar-refractivity contribution in [2.45, 2.75) is 44.3 Å². The molecule has 0 aliphatic carbocycles. The summed E-state index contributed by atoms with van der Waals surface area (Å²) in [6, 6.07) is 8.87. The Morgan fingerprint density at radius 1 is 1.10 bits per heavy atom. The van der Waals surface area contributed by atoms with Gasteiger partial charge < -0.3 is 19.3 Å². The van der Waals surface area contributed by atoms with Gasteiger partial charge in [-0.1, -0.05) is 30.3 Å². The first-order valence-corrected chi connectivity index (χ1v) is 13.2. The molecule has 1 aromatic heterocycles. The van der Waals surface area contributed by atoms with E-state index in [0.717, 1.165) is 0 Å². The molecule has 0 amide bonds. The summed E-state index contributed by atoms with van der Waals surface area (Å²) in [6.07, 6.45) is -12.6. The first-order chi connectivity index (χ1) is 18.5. The number of nitrogens with zero attached hydrogens (tertiary/aromatic N) is 3. The van der Waals surface area contributed by atoms with Gasteiger partial charge in [0.05, 0.1) is 36.4 Å². The monoisotopic (exact) mass is 596 g/mol. The molecule has 0 unspecified atom stereocenters. The van der Waals surface area contributed by atoms with Crippen LogP contribution in [0.3, 0.4) is 0 Å². The number of morpholine rings is 1. The van der Waals surface area contributed by atoms with Crippen molar-refractivity contribution in [3.05, 3.63) is 87.1 Å². The van der Waals surface area contributed by atoms with E-state index in [0.29, 0.717) is 17.7 Å². The standard InChI is InChI=1S/C23H23F6N4O6P/c1-13(15-9-16(22(24,25)26)11-17(10-15)23(27,28)29)39-20-19(14-5-3-2-4-6-14)32(7-8-38-20)12-18-30-21(34)33(31-18)40(35,36)37/h2-6,9-11,13,19-20H,7-8,12H2,1H3,(H,30,31,34)(H2,35,36,37)/t13-,19+,20-/m0/s1. The van der Waals surface area contributed by atoms with Gasteiger partial charge in [0.2, 0.25) is 0 Å². The normalized spacial score (nSPS) is 20.0. The molecule has 17 heteroatoms. The summed E-state index contributed by atoms with van der Waals surface area (Å²) in [4.78, 5) is 34.5. The Labute approximate surface area is 222 Å². The van der Waals surface area contributed by atoms with Crippen molar-refractivity contribution in [1.82, 2.24) is 19.4 Å². The summed E-state index contributed by atoms with van der Waals surface area (Å²) in [7, 11) is -5.03. The van der Waals surface area contributed by atoms with E-state index in [-0.39, 0.29) is 41.6 Å². The van der Waals surface area contributed by atoms with Gasteiger partial charge in [0, 0.05) is 6.54 Å². The molecule has 10 nitrogen and oxygen atoms in total. The third-order valence-electron chi connectivity index (χ3n) is 6.12. The Bertz CT molecular complexity index is 1410. The molecule has 2 aromatic carbocycles. The molecular weight excluding hydrogens is 573 g/mol. The summed E-state index contributed by atoms with van der Waals surface area (Å²) in [5, 5.41) is 3.65. The van der Waals surface area contributed by atoms with Crippen molar-refractivity contribution in [1.29, 1.82) is 0 Å². The highest BCUT2D eigenvalue weighted by Gasteiger charge is 2.39. The van der Waals surface area contributed by atoms with E-state index in [1.807, 2.05) is 0 Å². The molecule has 1 saturated heterocycles. The zero-order valence-electron chi connectivity index (χ0n) is 20.6. The third-order valence-corrected chi connectivity index (χ3v) is 6.88. The van der Waals surface area contributed by atoms with Crippen LogP contribution >= 0.6 is 7.75 Å². The quantitative estimate of drug-likeness (QED) is 0.273. The number of ether oxygens (including phenoxy) is 2. The van der Waals surface area contributed by atoms with Crippen LogP contribution < -0.4 is 5.69 Å². The van der Waals surface area contributed by atoms with E-state index in [9.17, 15) is 45.5 Å². The van der Waals surface area contributed by atoms with Crippen LogP contribution in [0.2, 0.25) is 0 Å². The molecule has 1 aliphatic rings. The number of hydrogen-bond donors (Lipinski definition) is 3. The van der Waals surface area contributed by atoms with Gasteiger partial charge >= 0.3 is 25.8 Å². The summed E-state index contributed by atoms with van der Waals surface area (Å²) < 4.78 is 103. The van der Waals surface area contributed by atoms with E-state index in [1.54, 1.807) is 35.2 Å². The molecule has 2 heterocycles. The molecular formula is C23H23F6N4O6P. The lowest BCUT2D eigenvalue weighted by atomic mass is 10.0. The number of rotatable bonds is 7. The molecule has 3 N–H and O–H groups in total. The van der Waals surface area contributed by atoms with Crippen molar-refractivity contribution in [3.8, 4) is 0 Å². The zero-order chi connectivity index (χ0) is 29.5. The second-order valence-electron chi connectivity index (χ2n) is 8.96. The van der Waals surface area contributed by atoms with Gasteiger partial charge in [-0.2, -0.15) is 26.3 Å². The molecule has 3 atom stereocenters. The van der Waals surface area contributed by atoms with E-state index >= 15 is 0 Å². The molecule has 1 fully saturated rings. The van der Waals surface area contributed by atoms with Gasteiger partial charge in [-0.3, -0.25) is 9.88 Å². The number of benzene rings is 2. The van der Waals surface area contributed by atoms with Crippen LogP contribution in [0, 0.1) is 0 Å². The maximum absolute atomic E-state index is 13.4. The number of H-pyrrole nitrogens is 1. The number of halogens is 6. The number of aromatic amines is 1. The van der Waals surface area contributed by atoms with E-state index < -0.39 is 55.4 Å². The van der Waals surface area contributed by atoms with Crippen molar-refractivity contribution in [3.63, 3.8) is 0 Å². The predicted octanol–water partition coefficient (Wildman–Crippen LogP) is 4.23. The lowest BCUT2D eigenvalue weighted by Crippen LogP contribution is -2.46. The first kappa shape index (κ1) is 30.0. The molecule has 0 bridgehead atoms. The second-order valence-corrected chi connectivity index (χ2v) is 10.4. The van der Waals surface area contributed by atoms with Crippen LogP contribution in [0.4, 0.5) is 26.3 Å². The van der Waals surface area contributed by atoms with Crippen LogP contribution in [-0.2, 0) is 32.9 Å². The van der Waals surface area contributed by atoms with Gasteiger partial charge in [-0.25, -0.2) is 9.36 Å². The Morgan fingerprint density at radius 2 is 1.70 bits per heavy atom. The highest BCUT2D eigenvalue weighted by atomic mass is 31.2. The van der Waals surface area contributed by atoms with Crippen LogP contribution in [0.25, 0.3) is 0 Å². The molecule has 0 spiro atoms. The minimum Gasteiger partial charge on any atom is -0.349 e. The minimum absolute atomic E-state index is 0.00222. The predicted molar refractivity (Wildman–Crippen MR) is 126 cm³/mol. The number of nitrogens with one attached hydrogen (secondary N) is 1. The topological polar surface area (TPSA) is 130 Å². The molecule has 0 saturated carbocycles. The van der Waals surface area contributed by atoms with Crippen LogP contribution in [0.5, 0.6) is 0 Å². The highest BCUT2D eigenvalue weighted by Crippen LogP contribution is 2.40. The smallest absolute Gasteiger partial charge is 0.349 e. The molecule has 3 aromatic rings. The van der Waals surface area contributed by atoms with Crippen molar-refractivity contribution < 1.29 is 50.2 Å². The Hall–Kier alpha value is -3.01. The SMILES string of the molecule is C[C@H](O[C@@H]1OCCN(Cc2nn(P(=O)(O)O)c(=O)[nH]2)[C@@H]1c1ccccc1)c1cc(C(F)(F)F)cc(C(F)(F)F)c1. The Morgan fingerprint density at radius 3 is 2.23 bits per heavy atom. The van der Waals surface area contributed by atoms with E-state index in [4.69, 9.17) is 9.47 Å². The number of aromatic nitrogens is 3. The number of hydrogen-bond acceptors (Lipinski definition) is 6. The van der Waals surface area contributed by atoms with Crippen molar-refractivity contribution in [2.24, 2.45) is 0 Å². The van der Waals surface area contributed by atoms with Gasteiger partial charge in [-0.15, -0.1) is 9.55 Å². The fourth-order valence-corrected chi connectivity index (χ4v) is 4.80. The van der Waals surface area contributed by atoms with Gasteiger partial charge in [0.25, 0.3) is 0 Å². The summed E-state index contributed by atoms with van der Waals surface area (Å²) in [6.45, 7) is 1.36. The van der Waals surface area contributed by atoms with E-state index in [1.165, 1.54) is 6.92 Å². The molecule has 4 rings (SSSR count). The van der Waals surface area contributed by atoms with Crippen molar-refractivity contribution >= 4 is 7.75 Å². The summed E-state index contributed by atoms with van der Waals surface area (Å²) >= 11 is 0. The van der Waals surface area contributed by atoms with Gasteiger partial charge in [0.1, 0.15) is 5.82 Å². The average Bonchev–Trinajstić information content (AvgIpc) is 3.24. The fourth-order valence-electron chi connectivity index (χ4n) is 4.29. The maximum atomic E-state index is 13.4. The van der Waals surface area contributed by atoms with Gasteiger partial charge in [-0.05, 0) is 36.2 Å². The van der Waals surface area contributed by atoms with Crippen LogP contribution in [0.1, 0.15) is 47.1 Å². The van der Waals surface area contributed by atoms with E-state index in [2.05, 4.69) is 10.1 Å². The molecule has 0 radical (unpaired) electrons. The van der Waals surface area contributed by atoms with Crippen LogP contribution in [0.15, 0.2) is 53.3 Å². The first-order valence-electron chi connectivity index (χ1n) is 11.6. The zero-order valence-corrected chi connectivity index (χ0v) is 21.5. The minimum atomic E-state index is -5.03. The Kier molecular flexibility index (Phi) is 8.32. The maximum Gasteiger partial charge on any atom is 0.454 e. The second kappa shape index (κ2) is 11.1. The third kappa shape index (κ3) is 6.82. The highest BCUT2D eigenvalue weighted by molar-refractivity contribution is 7.49. The fraction of sp³-hybridized carbons (Fsp3) is 0.391.